The molecule has 0 spiro atoms. The lowest BCUT2D eigenvalue weighted by molar-refractivity contribution is -0.114. The number of hydrogen-bond donors (Lipinski definition) is 1. The van der Waals surface area contributed by atoms with Crippen LogP contribution in [0.2, 0.25) is 5.02 Å². The number of fused-ring (bicyclic) bond motifs is 1. The van der Waals surface area contributed by atoms with Crippen molar-refractivity contribution in [2.24, 2.45) is 0 Å². The van der Waals surface area contributed by atoms with Crippen molar-refractivity contribution in [1.29, 1.82) is 0 Å². The van der Waals surface area contributed by atoms with Crippen LogP contribution in [0.15, 0.2) is 82.6 Å². The van der Waals surface area contributed by atoms with Gasteiger partial charge in [0.2, 0.25) is 0 Å². The van der Waals surface area contributed by atoms with Crippen molar-refractivity contribution in [2.45, 2.75) is 17.9 Å². The number of halogens is 1. The standard InChI is InChI=1S/C31H33ClN4O2S/c1-34-16-18-35(19-17-34)15-5-14-33-30(37)25-12-10-23(11-13-25)21-29-31(38)36(22-24-6-4-7-26(32)20-24)27-8-2-3-9-28(27)39-29/h2-4,6-13,20-21H,5,14-19,22H2,1H3,(H,33,37). The van der Waals surface area contributed by atoms with Gasteiger partial charge in [0.25, 0.3) is 11.8 Å². The number of rotatable bonds is 8. The molecule has 0 aliphatic carbocycles. The third-order valence-electron chi connectivity index (χ3n) is 7.06. The van der Waals surface area contributed by atoms with Crippen LogP contribution in [0.3, 0.4) is 0 Å². The summed E-state index contributed by atoms with van der Waals surface area (Å²) in [6, 6.07) is 22.9. The molecular formula is C31H33ClN4O2S. The van der Waals surface area contributed by atoms with Crippen LogP contribution in [0, 0.1) is 0 Å². The third-order valence-corrected chi connectivity index (χ3v) is 8.38. The first-order valence-corrected chi connectivity index (χ1v) is 14.5. The summed E-state index contributed by atoms with van der Waals surface area (Å²) in [4.78, 5) is 34.5. The summed E-state index contributed by atoms with van der Waals surface area (Å²) in [7, 11) is 2.15. The Hall–Kier alpha value is -3.10. The molecule has 0 unspecified atom stereocenters. The van der Waals surface area contributed by atoms with Gasteiger partial charge in [0.05, 0.1) is 17.1 Å². The second-order valence-electron chi connectivity index (χ2n) is 9.98. The normalized spacial score (nSPS) is 17.3. The van der Waals surface area contributed by atoms with Crippen LogP contribution in [0.4, 0.5) is 5.69 Å². The number of para-hydroxylation sites is 1. The maximum Gasteiger partial charge on any atom is 0.265 e. The Morgan fingerprint density at radius 2 is 1.77 bits per heavy atom. The van der Waals surface area contributed by atoms with E-state index in [2.05, 4.69) is 22.2 Å². The molecule has 0 saturated carbocycles. The molecule has 0 atom stereocenters. The van der Waals surface area contributed by atoms with E-state index in [1.165, 1.54) is 11.8 Å². The van der Waals surface area contributed by atoms with Gasteiger partial charge >= 0.3 is 0 Å². The van der Waals surface area contributed by atoms with E-state index in [1.807, 2.05) is 78.9 Å². The van der Waals surface area contributed by atoms with E-state index in [9.17, 15) is 9.59 Å². The number of carbonyl (C=O) groups excluding carboxylic acids is 2. The smallest absolute Gasteiger partial charge is 0.265 e. The Balaban J connectivity index is 1.22. The van der Waals surface area contributed by atoms with Crippen molar-refractivity contribution < 1.29 is 9.59 Å². The number of hydrogen-bond acceptors (Lipinski definition) is 5. The van der Waals surface area contributed by atoms with Crippen LogP contribution < -0.4 is 10.2 Å². The second-order valence-corrected chi connectivity index (χ2v) is 11.5. The Kier molecular flexibility index (Phi) is 9.04. The third kappa shape index (κ3) is 7.11. The van der Waals surface area contributed by atoms with Crippen molar-refractivity contribution in [3.8, 4) is 0 Å². The summed E-state index contributed by atoms with van der Waals surface area (Å²) in [5.41, 5.74) is 3.35. The molecule has 2 heterocycles. The highest BCUT2D eigenvalue weighted by Gasteiger charge is 2.29. The molecule has 1 saturated heterocycles. The number of thioether (sulfide) groups is 1. The van der Waals surface area contributed by atoms with Crippen LogP contribution in [0.5, 0.6) is 0 Å². The summed E-state index contributed by atoms with van der Waals surface area (Å²) in [6.07, 6.45) is 2.83. The van der Waals surface area contributed by atoms with Gasteiger partial charge in [0.15, 0.2) is 0 Å². The van der Waals surface area contributed by atoms with E-state index in [0.717, 1.165) is 60.9 Å². The van der Waals surface area contributed by atoms with E-state index in [-0.39, 0.29) is 11.8 Å². The number of amides is 2. The van der Waals surface area contributed by atoms with Gasteiger partial charge in [-0.25, -0.2) is 0 Å². The molecule has 1 N–H and O–H groups in total. The molecule has 0 bridgehead atoms. The fourth-order valence-corrected chi connectivity index (χ4v) is 6.07. The molecule has 2 amide bonds. The Bertz CT molecular complexity index is 1350. The lowest BCUT2D eigenvalue weighted by Gasteiger charge is -2.32. The van der Waals surface area contributed by atoms with Crippen LogP contribution >= 0.6 is 23.4 Å². The minimum atomic E-state index is -0.0719. The number of benzene rings is 3. The minimum absolute atomic E-state index is 0.0548. The highest BCUT2D eigenvalue weighted by molar-refractivity contribution is 8.04. The predicted octanol–water partition coefficient (Wildman–Crippen LogP) is 5.39. The average Bonchev–Trinajstić information content (AvgIpc) is 2.94. The number of likely N-dealkylation sites (N-methyl/N-ethyl adjacent to an activating group) is 1. The van der Waals surface area contributed by atoms with E-state index in [1.54, 1.807) is 4.90 Å². The van der Waals surface area contributed by atoms with Crippen LogP contribution in [-0.2, 0) is 11.3 Å². The number of piperazine rings is 1. The quantitative estimate of drug-likeness (QED) is 0.296. The summed E-state index contributed by atoms with van der Waals surface area (Å²) in [5, 5.41) is 3.68. The predicted molar refractivity (Wildman–Crippen MR) is 160 cm³/mol. The maximum atomic E-state index is 13.6. The van der Waals surface area contributed by atoms with Gasteiger partial charge in [0, 0.05) is 48.2 Å². The van der Waals surface area contributed by atoms with Gasteiger partial charge in [-0.05, 0) is 73.6 Å². The molecule has 2 aliphatic heterocycles. The van der Waals surface area contributed by atoms with Crippen LogP contribution in [0.1, 0.15) is 27.9 Å². The fraction of sp³-hybridized carbons (Fsp3) is 0.290. The highest BCUT2D eigenvalue weighted by atomic mass is 35.5. The van der Waals surface area contributed by atoms with Crippen molar-refractivity contribution in [3.63, 3.8) is 0 Å². The number of anilines is 1. The van der Waals surface area contributed by atoms with Gasteiger partial charge in [-0.3, -0.25) is 9.59 Å². The van der Waals surface area contributed by atoms with E-state index >= 15 is 0 Å². The Morgan fingerprint density at radius 1 is 1.00 bits per heavy atom. The number of nitrogens with zero attached hydrogens (tertiary/aromatic N) is 3. The molecule has 3 aromatic carbocycles. The van der Waals surface area contributed by atoms with Gasteiger partial charge < -0.3 is 20.0 Å². The van der Waals surface area contributed by atoms with Crippen molar-refractivity contribution in [2.75, 3.05) is 51.2 Å². The van der Waals surface area contributed by atoms with E-state index < -0.39 is 0 Å². The lowest BCUT2D eigenvalue weighted by atomic mass is 10.1. The highest BCUT2D eigenvalue weighted by Crippen LogP contribution is 2.42. The van der Waals surface area contributed by atoms with E-state index in [0.29, 0.717) is 28.6 Å². The molecule has 6 nitrogen and oxygen atoms in total. The first-order valence-electron chi connectivity index (χ1n) is 13.3. The molecule has 39 heavy (non-hydrogen) atoms. The largest absolute Gasteiger partial charge is 0.352 e. The zero-order chi connectivity index (χ0) is 27.2. The molecule has 202 valence electrons. The van der Waals surface area contributed by atoms with Gasteiger partial charge in [0.1, 0.15) is 0 Å². The SMILES string of the molecule is CN1CCN(CCCNC(=O)c2ccc(C=C3Sc4ccccc4N(Cc4cccc(Cl)c4)C3=O)cc2)CC1. The first-order chi connectivity index (χ1) is 19.0. The zero-order valence-electron chi connectivity index (χ0n) is 22.1. The van der Waals surface area contributed by atoms with Gasteiger partial charge in [-0.1, -0.05) is 59.8 Å². The molecular weight excluding hydrogens is 528 g/mol. The first kappa shape index (κ1) is 27.5. The van der Waals surface area contributed by atoms with Crippen molar-refractivity contribution in [1.82, 2.24) is 15.1 Å². The van der Waals surface area contributed by atoms with Crippen LogP contribution in [0.25, 0.3) is 6.08 Å². The van der Waals surface area contributed by atoms with Crippen LogP contribution in [-0.4, -0.2) is 67.9 Å². The zero-order valence-corrected chi connectivity index (χ0v) is 23.7. The molecule has 0 aromatic heterocycles. The number of nitrogens with one attached hydrogen (secondary N) is 1. The summed E-state index contributed by atoms with van der Waals surface area (Å²) in [6.45, 7) is 6.48. The maximum absolute atomic E-state index is 13.6. The van der Waals surface area contributed by atoms with E-state index in [4.69, 9.17) is 11.6 Å². The molecule has 0 radical (unpaired) electrons. The fourth-order valence-electron chi connectivity index (χ4n) is 4.80. The molecule has 2 aliphatic rings. The average molecular weight is 561 g/mol. The lowest BCUT2D eigenvalue weighted by Crippen LogP contribution is -2.45. The Morgan fingerprint density at radius 3 is 2.54 bits per heavy atom. The van der Waals surface area contributed by atoms with Gasteiger partial charge in [-0.2, -0.15) is 0 Å². The topological polar surface area (TPSA) is 55.9 Å². The summed E-state index contributed by atoms with van der Waals surface area (Å²) >= 11 is 7.66. The second kappa shape index (κ2) is 12.8. The van der Waals surface area contributed by atoms with Crippen molar-refractivity contribution >= 4 is 46.9 Å². The summed E-state index contributed by atoms with van der Waals surface area (Å²) < 4.78 is 0. The minimum Gasteiger partial charge on any atom is -0.352 e. The molecule has 1 fully saturated rings. The Labute approximate surface area is 239 Å². The van der Waals surface area contributed by atoms with Gasteiger partial charge in [-0.15, -0.1) is 0 Å². The molecule has 8 heteroatoms. The van der Waals surface area contributed by atoms with Crippen molar-refractivity contribution in [3.05, 3.63) is 99.4 Å². The molecule has 3 aromatic rings. The molecule has 5 rings (SSSR count). The summed E-state index contributed by atoms with van der Waals surface area (Å²) in [5.74, 6) is -0.127. The monoisotopic (exact) mass is 560 g/mol. The number of carbonyl (C=O) groups is 2.